The highest BCUT2D eigenvalue weighted by molar-refractivity contribution is 7.99. The number of thioether (sulfide) groups is 1. The topological polar surface area (TPSA) is 80.9 Å². The molecule has 0 aromatic carbocycles. The van der Waals surface area contributed by atoms with Crippen molar-refractivity contribution in [3.63, 3.8) is 0 Å². The SMILES string of the molecule is CCSC1CCC(NC(=O)c2nnc(N)s2)C1. The van der Waals surface area contributed by atoms with E-state index < -0.39 is 0 Å². The Kier molecular flexibility index (Phi) is 4.22. The summed E-state index contributed by atoms with van der Waals surface area (Å²) in [7, 11) is 0. The molecule has 0 bridgehead atoms. The number of nitrogen functional groups attached to an aromatic ring is 1. The number of hydrogen-bond donors (Lipinski definition) is 2. The molecule has 17 heavy (non-hydrogen) atoms. The molecule has 1 aliphatic carbocycles. The van der Waals surface area contributed by atoms with Crippen LogP contribution in [0.25, 0.3) is 0 Å². The highest BCUT2D eigenvalue weighted by Gasteiger charge is 2.26. The van der Waals surface area contributed by atoms with E-state index in [-0.39, 0.29) is 11.9 Å². The number of amides is 1. The van der Waals surface area contributed by atoms with Gasteiger partial charge in [0, 0.05) is 11.3 Å². The number of nitrogens with zero attached hydrogens (tertiary/aromatic N) is 2. The van der Waals surface area contributed by atoms with E-state index in [2.05, 4.69) is 22.4 Å². The van der Waals surface area contributed by atoms with Crippen LogP contribution < -0.4 is 11.1 Å². The van der Waals surface area contributed by atoms with E-state index in [1.807, 2.05) is 11.8 Å². The van der Waals surface area contributed by atoms with Crippen molar-refractivity contribution in [2.24, 2.45) is 0 Å². The van der Waals surface area contributed by atoms with Crippen molar-refractivity contribution in [2.75, 3.05) is 11.5 Å². The first-order valence-electron chi connectivity index (χ1n) is 5.70. The summed E-state index contributed by atoms with van der Waals surface area (Å²) >= 11 is 3.10. The van der Waals surface area contributed by atoms with Gasteiger partial charge in [-0.1, -0.05) is 18.3 Å². The molecule has 0 aliphatic heterocycles. The maximum Gasteiger partial charge on any atom is 0.282 e. The van der Waals surface area contributed by atoms with Gasteiger partial charge in [-0.05, 0) is 25.0 Å². The molecule has 0 saturated heterocycles. The van der Waals surface area contributed by atoms with Crippen LogP contribution in [0.5, 0.6) is 0 Å². The first-order chi connectivity index (χ1) is 8.19. The van der Waals surface area contributed by atoms with Gasteiger partial charge in [0.2, 0.25) is 10.1 Å². The van der Waals surface area contributed by atoms with Gasteiger partial charge in [0.1, 0.15) is 0 Å². The van der Waals surface area contributed by atoms with E-state index in [9.17, 15) is 4.79 Å². The molecular weight excluding hydrogens is 256 g/mol. The molecule has 1 heterocycles. The summed E-state index contributed by atoms with van der Waals surface area (Å²) in [6.45, 7) is 2.17. The summed E-state index contributed by atoms with van der Waals surface area (Å²) in [5.74, 6) is 0.990. The molecule has 5 nitrogen and oxygen atoms in total. The van der Waals surface area contributed by atoms with E-state index >= 15 is 0 Å². The van der Waals surface area contributed by atoms with Gasteiger partial charge in [-0.15, -0.1) is 10.2 Å². The van der Waals surface area contributed by atoms with Gasteiger partial charge >= 0.3 is 0 Å². The quantitative estimate of drug-likeness (QED) is 0.868. The molecule has 1 fully saturated rings. The van der Waals surface area contributed by atoms with Crippen LogP contribution in [0, 0.1) is 0 Å². The second-order valence-electron chi connectivity index (χ2n) is 4.01. The first kappa shape index (κ1) is 12.6. The fourth-order valence-electron chi connectivity index (χ4n) is 2.03. The van der Waals surface area contributed by atoms with Crippen molar-refractivity contribution >= 4 is 34.1 Å². The molecular formula is C10H16N4OS2. The zero-order valence-corrected chi connectivity index (χ0v) is 11.3. The number of carbonyl (C=O) groups is 1. The Bertz CT molecular complexity index is 395. The number of anilines is 1. The number of rotatable bonds is 4. The average Bonchev–Trinajstić information content (AvgIpc) is 2.88. The summed E-state index contributed by atoms with van der Waals surface area (Å²) in [6.07, 6.45) is 3.29. The lowest BCUT2D eigenvalue weighted by molar-refractivity contribution is 0.0937. The van der Waals surface area contributed by atoms with Crippen LogP contribution in [-0.4, -0.2) is 33.1 Å². The number of aromatic nitrogens is 2. The van der Waals surface area contributed by atoms with Crippen LogP contribution >= 0.6 is 23.1 Å². The largest absolute Gasteiger partial charge is 0.374 e. The minimum Gasteiger partial charge on any atom is -0.374 e. The van der Waals surface area contributed by atoms with E-state index in [1.54, 1.807) is 0 Å². The van der Waals surface area contributed by atoms with E-state index in [0.717, 1.165) is 29.9 Å². The first-order valence-corrected chi connectivity index (χ1v) is 7.57. The standard InChI is InChI=1S/C10H16N4OS2/c1-2-16-7-4-3-6(5-7)12-8(15)9-13-14-10(11)17-9/h6-7H,2-5H2,1H3,(H2,11,14)(H,12,15). The van der Waals surface area contributed by atoms with Crippen molar-refractivity contribution in [3.05, 3.63) is 5.01 Å². The number of nitrogens with two attached hydrogens (primary N) is 1. The maximum atomic E-state index is 11.8. The van der Waals surface area contributed by atoms with Gasteiger partial charge in [-0.3, -0.25) is 4.79 Å². The van der Waals surface area contributed by atoms with Crippen LogP contribution in [0.4, 0.5) is 5.13 Å². The number of nitrogens with one attached hydrogen (secondary N) is 1. The third kappa shape index (κ3) is 3.32. The molecule has 7 heteroatoms. The summed E-state index contributed by atoms with van der Waals surface area (Å²) in [5, 5.41) is 11.7. The summed E-state index contributed by atoms with van der Waals surface area (Å²) < 4.78 is 0. The highest BCUT2D eigenvalue weighted by Crippen LogP contribution is 2.29. The van der Waals surface area contributed by atoms with Crippen LogP contribution in [0.2, 0.25) is 0 Å². The van der Waals surface area contributed by atoms with Gasteiger partial charge in [0.05, 0.1) is 0 Å². The number of carbonyl (C=O) groups excluding carboxylic acids is 1. The second-order valence-corrected chi connectivity index (χ2v) is 6.59. The molecule has 1 saturated carbocycles. The third-order valence-electron chi connectivity index (χ3n) is 2.76. The Morgan fingerprint density at radius 3 is 3.06 bits per heavy atom. The molecule has 1 aliphatic rings. The molecule has 94 valence electrons. The average molecular weight is 272 g/mol. The van der Waals surface area contributed by atoms with Crippen LogP contribution in [0.3, 0.4) is 0 Å². The molecule has 1 aromatic heterocycles. The minimum absolute atomic E-state index is 0.147. The molecule has 0 spiro atoms. The predicted octanol–water partition coefficient (Wildman–Crippen LogP) is 1.52. The van der Waals surface area contributed by atoms with Crippen molar-refractivity contribution in [1.82, 2.24) is 15.5 Å². The van der Waals surface area contributed by atoms with Gasteiger partial charge in [-0.2, -0.15) is 11.8 Å². The van der Waals surface area contributed by atoms with E-state index in [4.69, 9.17) is 5.73 Å². The molecule has 1 amide bonds. The van der Waals surface area contributed by atoms with E-state index in [0.29, 0.717) is 15.4 Å². The normalized spacial score (nSPS) is 23.8. The summed E-state index contributed by atoms with van der Waals surface area (Å²) in [5.41, 5.74) is 5.45. The van der Waals surface area contributed by atoms with Crippen molar-refractivity contribution in [3.8, 4) is 0 Å². The highest BCUT2D eigenvalue weighted by atomic mass is 32.2. The van der Waals surface area contributed by atoms with Gasteiger partial charge in [0.25, 0.3) is 5.91 Å². The Morgan fingerprint density at radius 1 is 1.59 bits per heavy atom. The second kappa shape index (κ2) is 5.68. The Balaban J connectivity index is 1.84. The molecule has 3 N–H and O–H groups in total. The van der Waals surface area contributed by atoms with Crippen LogP contribution in [0.15, 0.2) is 0 Å². The lowest BCUT2D eigenvalue weighted by atomic mass is 10.2. The molecule has 1 aromatic rings. The van der Waals surface area contributed by atoms with Gasteiger partial charge < -0.3 is 11.1 Å². The van der Waals surface area contributed by atoms with Crippen LogP contribution in [-0.2, 0) is 0 Å². The van der Waals surface area contributed by atoms with Crippen LogP contribution in [0.1, 0.15) is 36.0 Å². The Morgan fingerprint density at radius 2 is 2.41 bits per heavy atom. The Labute approximate surface area is 109 Å². The zero-order chi connectivity index (χ0) is 12.3. The lowest BCUT2D eigenvalue weighted by Crippen LogP contribution is -2.33. The third-order valence-corrected chi connectivity index (χ3v) is 4.74. The fraction of sp³-hybridized carbons (Fsp3) is 0.700. The van der Waals surface area contributed by atoms with Gasteiger partial charge in [0.15, 0.2) is 0 Å². The van der Waals surface area contributed by atoms with Crippen molar-refractivity contribution < 1.29 is 4.79 Å². The molecule has 2 rings (SSSR count). The van der Waals surface area contributed by atoms with Crippen molar-refractivity contribution in [2.45, 2.75) is 37.5 Å². The minimum atomic E-state index is -0.147. The van der Waals surface area contributed by atoms with E-state index in [1.165, 1.54) is 6.42 Å². The monoisotopic (exact) mass is 272 g/mol. The summed E-state index contributed by atoms with van der Waals surface area (Å²) in [4.78, 5) is 11.8. The van der Waals surface area contributed by atoms with Gasteiger partial charge in [-0.25, -0.2) is 0 Å². The predicted molar refractivity (Wildman–Crippen MR) is 71.3 cm³/mol. The zero-order valence-electron chi connectivity index (χ0n) is 9.68. The fourth-order valence-corrected chi connectivity index (χ4v) is 3.69. The Hall–Kier alpha value is -0.820. The molecule has 2 unspecified atom stereocenters. The molecule has 2 atom stereocenters. The smallest absolute Gasteiger partial charge is 0.282 e. The summed E-state index contributed by atoms with van der Waals surface area (Å²) in [6, 6.07) is 0.275. The maximum absolute atomic E-state index is 11.8. The lowest BCUT2D eigenvalue weighted by Gasteiger charge is -2.11. The van der Waals surface area contributed by atoms with Crippen molar-refractivity contribution in [1.29, 1.82) is 0 Å². The molecule has 0 radical (unpaired) electrons. The number of hydrogen-bond acceptors (Lipinski definition) is 6.